The fraction of sp³-hybridized carbons (Fsp3) is 0.231. The Balaban J connectivity index is 1.89. The minimum atomic E-state index is -0.391. The third-order valence-corrected chi connectivity index (χ3v) is 4.80. The summed E-state index contributed by atoms with van der Waals surface area (Å²) in [5.41, 5.74) is 1.86. The number of amides is 1. The van der Waals surface area contributed by atoms with Gasteiger partial charge in [0.25, 0.3) is 5.91 Å². The highest BCUT2D eigenvalue weighted by Gasteiger charge is 2.15. The second kappa shape index (κ2) is 9.76. The molecule has 1 atom stereocenters. The van der Waals surface area contributed by atoms with Crippen molar-refractivity contribution in [1.29, 1.82) is 5.26 Å². The minimum Gasteiger partial charge on any atom is -0.493 e. The maximum absolute atomic E-state index is 12.7. The second-order valence-corrected chi connectivity index (χ2v) is 7.68. The molecule has 0 aliphatic carbocycles. The lowest BCUT2D eigenvalue weighted by molar-refractivity contribution is -0.117. The standard InChI is InChI=1S/C26H26N2O2/c1-18(2)17-30-25-14-13-21(23-11-7-8-12-24(23)25)15-22(16-27)26(29)28-19(3)20-9-5-4-6-10-20/h4-15,18-19H,17H2,1-3H3,(H,28,29)/b22-15+/t19-/m0/s1. The highest BCUT2D eigenvalue weighted by Crippen LogP contribution is 2.30. The van der Waals surface area contributed by atoms with Crippen molar-refractivity contribution in [3.8, 4) is 11.8 Å². The SMILES string of the molecule is CC(C)COc1ccc(/C=C(\C#N)C(=O)N[C@@H](C)c2ccccc2)c2ccccc12. The van der Waals surface area contributed by atoms with Gasteiger partial charge in [-0.2, -0.15) is 5.26 Å². The average molecular weight is 399 g/mol. The van der Waals surface area contributed by atoms with Gasteiger partial charge < -0.3 is 10.1 Å². The predicted octanol–water partition coefficient (Wildman–Crippen LogP) is 5.66. The van der Waals surface area contributed by atoms with E-state index >= 15 is 0 Å². The summed E-state index contributed by atoms with van der Waals surface area (Å²) < 4.78 is 5.95. The number of rotatable bonds is 7. The van der Waals surface area contributed by atoms with Gasteiger partial charge in [0.05, 0.1) is 12.6 Å². The second-order valence-electron chi connectivity index (χ2n) is 7.68. The summed E-state index contributed by atoms with van der Waals surface area (Å²) in [6.07, 6.45) is 1.64. The van der Waals surface area contributed by atoms with Crippen LogP contribution in [-0.2, 0) is 4.79 Å². The smallest absolute Gasteiger partial charge is 0.262 e. The number of nitriles is 1. The van der Waals surface area contributed by atoms with Gasteiger partial charge >= 0.3 is 0 Å². The molecule has 0 saturated heterocycles. The third kappa shape index (κ3) is 5.07. The first kappa shape index (κ1) is 21.1. The van der Waals surface area contributed by atoms with Gasteiger partial charge in [0.2, 0.25) is 0 Å². The van der Waals surface area contributed by atoms with Crippen LogP contribution >= 0.6 is 0 Å². The van der Waals surface area contributed by atoms with Crippen LogP contribution in [0, 0.1) is 17.2 Å². The molecule has 0 bridgehead atoms. The minimum absolute atomic E-state index is 0.0683. The molecule has 1 amide bonds. The number of carbonyl (C=O) groups is 1. The Labute approximate surface area is 177 Å². The summed E-state index contributed by atoms with van der Waals surface area (Å²) in [7, 11) is 0. The molecule has 0 aliphatic heterocycles. The fourth-order valence-corrected chi connectivity index (χ4v) is 3.21. The van der Waals surface area contributed by atoms with Gasteiger partial charge in [-0.1, -0.05) is 74.5 Å². The van der Waals surface area contributed by atoms with E-state index in [2.05, 4.69) is 19.2 Å². The molecule has 0 saturated carbocycles. The fourth-order valence-electron chi connectivity index (χ4n) is 3.21. The number of ether oxygens (including phenoxy) is 1. The summed E-state index contributed by atoms with van der Waals surface area (Å²) in [4.78, 5) is 12.7. The molecule has 0 aromatic heterocycles. The average Bonchev–Trinajstić information content (AvgIpc) is 2.76. The molecule has 0 heterocycles. The van der Waals surface area contributed by atoms with Crippen LogP contribution in [-0.4, -0.2) is 12.5 Å². The predicted molar refractivity (Wildman–Crippen MR) is 121 cm³/mol. The van der Waals surface area contributed by atoms with Crippen molar-refractivity contribution in [1.82, 2.24) is 5.32 Å². The van der Waals surface area contributed by atoms with Gasteiger partial charge in [-0.3, -0.25) is 4.79 Å². The van der Waals surface area contributed by atoms with Crippen LogP contribution in [0.1, 0.15) is 37.9 Å². The molecule has 3 rings (SSSR count). The van der Waals surface area contributed by atoms with E-state index in [1.807, 2.05) is 79.7 Å². The zero-order valence-corrected chi connectivity index (χ0v) is 17.6. The van der Waals surface area contributed by atoms with Gasteiger partial charge in [0.15, 0.2) is 0 Å². The van der Waals surface area contributed by atoms with E-state index in [1.54, 1.807) is 6.08 Å². The number of nitrogens with one attached hydrogen (secondary N) is 1. The Bertz CT molecular complexity index is 1090. The van der Waals surface area contributed by atoms with Crippen LogP contribution in [0.4, 0.5) is 0 Å². The quantitative estimate of drug-likeness (QED) is 0.413. The molecule has 3 aromatic carbocycles. The number of hydrogen-bond acceptors (Lipinski definition) is 3. The molecule has 4 nitrogen and oxygen atoms in total. The van der Waals surface area contributed by atoms with Gasteiger partial charge in [-0.25, -0.2) is 0 Å². The monoisotopic (exact) mass is 398 g/mol. The zero-order valence-electron chi connectivity index (χ0n) is 17.6. The van der Waals surface area contributed by atoms with E-state index in [9.17, 15) is 10.1 Å². The van der Waals surface area contributed by atoms with Gasteiger partial charge in [-0.15, -0.1) is 0 Å². The molecule has 4 heteroatoms. The molecule has 0 fully saturated rings. The molecular weight excluding hydrogens is 372 g/mol. The van der Waals surface area contributed by atoms with Crippen molar-refractivity contribution >= 4 is 22.8 Å². The number of hydrogen-bond donors (Lipinski definition) is 1. The Morgan fingerprint density at radius 2 is 1.67 bits per heavy atom. The topological polar surface area (TPSA) is 62.1 Å². The van der Waals surface area contributed by atoms with E-state index < -0.39 is 5.91 Å². The number of carbonyl (C=O) groups excluding carboxylic acids is 1. The van der Waals surface area contributed by atoms with Crippen molar-refractivity contribution in [3.63, 3.8) is 0 Å². The zero-order chi connectivity index (χ0) is 21.5. The first-order valence-corrected chi connectivity index (χ1v) is 10.1. The summed E-state index contributed by atoms with van der Waals surface area (Å²) in [6.45, 7) is 6.74. The van der Waals surface area contributed by atoms with Crippen LogP contribution in [0.25, 0.3) is 16.8 Å². The molecule has 0 unspecified atom stereocenters. The molecule has 0 spiro atoms. The van der Waals surface area contributed by atoms with E-state index in [0.29, 0.717) is 12.5 Å². The van der Waals surface area contributed by atoms with Crippen LogP contribution in [0.3, 0.4) is 0 Å². The summed E-state index contributed by atoms with van der Waals surface area (Å²) in [6, 6.07) is 23.2. The molecule has 3 aromatic rings. The van der Waals surface area contributed by atoms with E-state index in [-0.39, 0.29) is 11.6 Å². The maximum Gasteiger partial charge on any atom is 0.262 e. The van der Waals surface area contributed by atoms with E-state index in [1.165, 1.54) is 0 Å². The Morgan fingerprint density at radius 3 is 2.33 bits per heavy atom. The summed E-state index contributed by atoms with van der Waals surface area (Å²) in [5, 5.41) is 14.4. The van der Waals surface area contributed by atoms with Crippen molar-refractivity contribution in [3.05, 3.63) is 83.4 Å². The Hall–Kier alpha value is -3.58. The van der Waals surface area contributed by atoms with Crippen molar-refractivity contribution < 1.29 is 9.53 Å². The molecule has 30 heavy (non-hydrogen) atoms. The van der Waals surface area contributed by atoms with Gasteiger partial charge in [0.1, 0.15) is 17.4 Å². The highest BCUT2D eigenvalue weighted by molar-refractivity contribution is 6.05. The van der Waals surface area contributed by atoms with Crippen LogP contribution < -0.4 is 10.1 Å². The van der Waals surface area contributed by atoms with E-state index in [0.717, 1.165) is 27.6 Å². The summed E-state index contributed by atoms with van der Waals surface area (Å²) in [5.74, 6) is 0.832. The molecule has 1 N–H and O–H groups in total. The van der Waals surface area contributed by atoms with Crippen LogP contribution in [0.5, 0.6) is 5.75 Å². The molecule has 152 valence electrons. The molecule has 0 radical (unpaired) electrons. The molecular formula is C26H26N2O2. The van der Waals surface area contributed by atoms with Crippen LogP contribution in [0.2, 0.25) is 0 Å². The number of benzene rings is 3. The highest BCUT2D eigenvalue weighted by atomic mass is 16.5. The Kier molecular flexibility index (Phi) is 6.87. The number of fused-ring (bicyclic) bond motifs is 1. The third-order valence-electron chi connectivity index (χ3n) is 4.80. The first-order valence-electron chi connectivity index (χ1n) is 10.1. The normalized spacial score (nSPS) is 12.4. The first-order chi connectivity index (χ1) is 14.5. The lowest BCUT2D eigenvalue weighted by atomic mass is 10.0. The molecule has 0 aliphatic rings. The largest absolute Gasteiger partial charge is 0.493 e. The maximum atomic E-state index is 12.7. The summed E-state index contributed by atoms with van der Waals surface area (Å²) >= 11 is 0. The Morgan fingerprint density at radius 1 is 1.00 bits per heavy atom. The van der Waals surface area contributed by atoms with E-state index in [4.69, 9.17) is 4.74 Å². The van der Waals surface area contributed by atoms with Gasteiger partial charge in [0, 0.05) is 5.39 Å². The van der Waals surface area contributed by atoms with Gasteiger partial charge in [-0.05, 0) is 41.5 Å². The van der Waals surface area contributed by atoms with Crippen molar-refractivity contribution in [2.24, 2.45) is 5.92 Å². The lowest BCUT2D eigenvalue weighted by Crippen LogP contribution is -2.27. The number of nitrogens with zero attached hydrogens (tertiary/aromatic N) is 1. The van der Waals surface area contributed by atoms with Crippen molar-refractivity contribution in [2.75, 3.05) is 6.61 Å². The van der Waals surface area contributed by atoms with Crippen LogP contribution in [0.15, 0.2) is 72.3 Å². The lowest BCUT2D eigenvalue weighted by Gasteiger charge is -2.14. The van der Waals surface area contributed by atoms with Crippen molar-refractivity contribution in [2.45, 2.75) is 26.8 Å².